The number of aliphatic imine (C=N–C) groups is 1. The molecule has 34 heavy (non-hydrogen) atoms. The molecule has 0 N–H and O–H groups in total. The summed E-state index contributed by atoms with van der Waals surface area (Å²) in [5, 5.41) is 3.79. The van der Waals surface area contributed by atoms with Gasteiger partial charge in [0.2, 0.25) is 11.8 Å². The molecule has 9 heteroatoms. The summed E-state index contributed by atoms with van der Waals surface area (Å²) in [5.41, 5.74) is 0.912. The van der Waals surface area contributed by atoms with Crippen LogP contribution in [0, 0.1) is 11.6 Å². The molecule has 168 valence electrons. The van der Waals surface area contributed by atoms with E-state index in [1.165, 1.54) is 19.1 Å². The number of nitrogens with zero attached hydrogens (tertiary/aromatic N) is 3. The molecule has 6 nitrogen and oxygen atoms in total. The van der Waals surface area contributed by atoms with Gasteiger partial charge in [-0.1, -0.05) is 30.3 Å². The van der Waals surface area contributed by atoms with Gasteiger partial charge in [-0.15, -0.1) is 11.3 Å². The number of hydrogen-bond donors (Lipinski definition) is 0. The van der Waals surface area contributed by atoms with Crippen LogP contribution in [0.3, 0.4) is 0 Å². The lowest BCUT2D eigenvalue weighted by atomic mass is 10.1. The molecule has 0 aliphatic carbocycles. The van der Waals surface area contributed by atoms with Crippen molar-refractivity contribution in [2.45, 2.75) is 6.92 Å². The van der Waals surface area contributed by atoms with Gasteiger partial charge in [0.05, 0.1) is 11.4 Å². The first-order valence-electron chi connectivity index (χ1n) is 10.1. The molecule has 0 fully saturated rings. The number of anilines is 2. The predicted octanol–water partition coefficient (Wildman–Crippen LogP) is 5.60. The van der Waals surface area contributed by atoms with E-state index >= 15 is 0 Å². The van der Waals surface area contributed by atoms with Gasteiger partial charge < -0.3 is 4.74 Å². The van der Waals surface area contributed by atoms with Crippen molar-refractivity contribution in [3.63, 3.8) is 0 Å². The molecular formula is C25H15F2N3O3S. The summed E-state index contributed by atoms with van der Waals surface area (Å²) in [6.07, 6.45) is 1.43. The zero-order chi connectivity index (χ0) is 23.8. The summed E-state index contributed by atoms with van der Waals surface area (Å²) in [6, 6.07) is 16.3. The van der Waals surface area contributed by atoms with Crippen LogP contribution in [0.5, 0.6) is 0 Å². The number of fused-ring (bicyclic) bond motifs is 1. The van der Waals surface area contributed by atoms with Crippen LogP contribution in [0.4, 0.5) is 19.6 Å². The van der Waals surface area contributed by atoms with Crippen LogP contribution in [0.15, 0.2) is 76.7 Å². The van der Waals surface area contributed by atoms with Crippen molar-refractivity contribution >= 4 is 56.8 Å². The largest absolute Gasteiger partial charge is 0.402 e. The molecule has 0 spiro atoms. The molecule has 0 saturated heterocycles. The van der Waals surface area contributed by atoms with E-state index < -0.39 is 23.5 Å². The molecule has 0 radical (unpaired) electrons. The van der Waals surface area contributed by atoms with E-state index in [-0.39, 0.29) is 22.4 Å². The number of rotatable bonds is 4. The average molecular weight is 475 g/mol. The van der Waals surface area contributed by atoms with Gasteiger partial charge >= 0.3 is 5.97 Å². The van der Waals surface area contributed by atoms with Crippen molar-refractivity contribution in [2.75, 3.05) is 4.90 Å². The maximum absolute atomic E-state index is 14.3. The van der Waals surface area contributed by atoms with E-state index in [0.717, 1.165) is 33.1 Å². The fourth-order valence-corrected chi connectivity index (χ4v) is 4.35. The highest BCUT2D eigenvalue weighted by atomic mass is 32.1. The molecule has 1 aromatic heterocycles. The molecule has 1 amide bonds. The van der Waals surface area contributed by atoms with Crippen molar-refractivity contribution in [1.29, 1.82) is 0 Å². The number of cyclic esters (lactones) is 1. The molecule has 1 aliphatic rings. The highest BCUT2D eigenvalue weighted by molar-refractivity contribution is 7.14. The second kappa shape index (κ2) is 8.60. The van der Waals surface area contributed by atoms with E-state index in [0.29, 0.717) is 17.3 Å². The van der Waals surface area contributed by atoms with Crippen molar-refractivity contribution in [3.05, 3.63) is 94.6 Å². The topological polar surface area (TPSA) is 71.9 Å². The smallest absolute Gasteiger partial charge is 0.363 e. The van der Waals surface area contributed by atoms with Crippen LogP contribution in [0.1, 0.15) is 18.2 Å². The summed E-state index contributed by atoms with van der Waals surface area (Å²) in [4.78, 5) is 34.3. The maximum atomic E-state index is 14.3. The van der Waals surface area contributed by atoms with Crippen molar-refractivity contribution < 1.29 is 23.1 Å². The molecule has 0 unspecified atom stereocenters. The Balaban J connectivity index is 1.45. The minimum Gasteiger partial charge on any atom is -0.402 e. The van der Waals surface area contributed by atoms with Crippen LogP contribution in [0.2, 0.25) is 0 Å². The van der Waals surface area contributed by atoms with Gasteiger partial charge in [0.15, 0.2) is 10.8 Å². The SMILES string of the molecule is CC(=O)N(c1nc(/C=C2/N=C(c3ccc4ccccc4c3)OC2=O)cs1)c1ccc(F)cc1F. The van der Waals surface area contributed by atoms with Gasteiger partial charge in [-0.05, 0) is 41.1 Å². The normalized spacial score (nSPS) is 14.4. The fourth-order valence-electron chi connectivity index (χ4n) is 3.51. The van der Waals surface area contributed by atoms with Crippen LogP contribution in [-0.4, -0.2) is 22.8 Å². The molecule has 0 atom stereocenters. The highest BCUT2D eigenvalue weighted by Gasteiger charge is 2.26. The Morgan fingerprint density at radius 2 is 1.85 bits per heavy atom. The van der Waals surface area contributed by atoms with Crippen molar-refractivity contribution in [2.24, 2.45) is 4.99 Å². The first kappa shape index (κ1) is 21.6. The van der Waals surface area contributed by atoms with Crippen molar-refractivity contribution in [3.8, 4) is 0 Å². The van der Waals surface area contributed by atoms with Gasteiger partial charge in [0, 0.05) is 23.9 Å². The molecule has 2 heterocycles. The number of carbonyl (C=O) groups is 2. The quantitative estimate of drug-likeness (QED) is 0.284. The highest BCUT2D eigenvalue weighted by Crippen LogP contribution is 2.32. The maximum Gasteiger partial charge on any atom is 0.363 e. The van der Waals surface area contributed by atoms with Gasteiger partial charge in [-0.3, -0.25) is 9.69 Å². The Hall–Kier alpha value is -4.24. The lowest BCUT2D eigenvalue weighted by Crippen LogP contribution is -2.23. The first-order valence-corrected chi connectivity index (χ1v) is 11.0. The Morgan fingerprint density at radius 1 is 1.06 bits per heavy atom. The first-order chi connectivity index (χ1) is 16.4. The number of amides is 1. The van der Waals surface area contributed by atoms with E-state index in [4.69, 9.17) is 4.74 Å². The number of carbonyl (C=O) groups excluding carboxylic acids is 2. The van der Waals surface area contributed by atoms with Gasteiger partial charge in [0.25, 0.3) is 0 Å². The molecular weight excluding hydrogens is 460 g/mol. The number of esters is 1. The van der Waals surface area contributed by atoms with E-state index in [9.17, 15) is 18.4 Å². The zero-order valence-electron chi connectivity index (χ0n) is 17.7. The molecule has 0 saturated carbocycles. The Morgan fingerprint density at radius 3 is 2.62 bits per heavy atom. The van der Waals surface area contributed by atoms with Crippen LogP contribution in [-0.2, 0) is 14.3 Å². The number of aromatic nitrogens is 1. The van der Waals surface area contributed by atoms with Crippen LogP contribution >= 0.6 is 11.3 Å². The Bertz CT molecular complexity index is 1530. The summed E-state index contributed by atoms with van der Waals surface area (Å²) in [6.45, 7) is 1.25. The standard InChI is InChI=1S/C25H15F2N3O3S/c1-14(31)30(22-9-8-18(26)11-20(22)27)25-28-19(13-34-25)12-21-24(32)33-23(29-21)17-7-6-15-4-2-3-5-16(15)10-17/h2-13H,1H3/b21-12+. The van der Waals surface area contributed by atoms with Gasteiger partial charge in [0.1, 0.15) is 11.6 Å². The second-order valence-corrected chi connectivity index (χ2v) is 8.24. The second-order valence-electron chi connectivity index (χ2n) is 7.40. The third-order valence-electron chi connectivity index (χ3n) is 5.07. The number of hydrogen-bond acceptors (Lipinski definition) is 6. The molecule has 3 aromatic carbocycles. The summed E-state index contributed by atoms with van der Waals surface area (Å²) >= 11 is 1.07. The average Bonchev–Trinajstić information content (AvgIpc) is 3.42. The minimum absolute atomic E-state index is 0.0438. The van der Waals surface area contributed by atoms with Gasteiger partial charge in [-0.2, -0.15) is 0 Å². The zero-order valence-corrected chi connectivity index (χ0v) is 18.5. The lowest BCUT2D eigenvalue weighted by molar-refractivity contribution is -0.130. The number of benzene rings is 3. The van der Waals surface area contributed by atoms with Crippen LogP contribution in [0.25, 0.3) is 16.8 Å². The monoisotopic (exact) mass is 475 g/mol. The number of ether oxygens (including phenoxy) is 1. The fraction of sp³-hybridized carbons (Fsp3) is 0.0400. The predicted molar refractivity (Wildman–Crippen MR) is 126 cm³/mol. The van der Waals surface area contributed by atoms with E-state index in [1.807, 2.05) is 42.5 Å². The summed E-state index contributed by atoms with van der Waals surface area (Å²) in [7, 11) is 0. The van der Waals surface area contributed by atoms with Crippen molar-refractivity contribution in [1.82, 2.24) is 4.98 Å². The number of halogens is 2. The van der Waals surface area contributed by atoms with E-state index in [2.05, 4.69) is 9.98 Å². The molecule has 5 rings (SSSR count). The Kier molecular flexibility index (Phi) is 5.46. The lowest BCUT2D eigenvalue weighted by Gasteiger charge is -2.18. The number of thiazole rings is 1. The van der Waals surface area contributed by atoms with Crippen LogP contribution < -0.4 is 4.90 Å². The molecule has 0 bridgehead atoms. The van der Waals surface area contributed by atoms with Gasteiger partial charge in [-0.25, -0.2) is 23.6 Å². The summed E-state index contributed by atoms with van der Waals surface area (Å²) in [5.74, 6) is -2.61. The molecule has 1 aliphatic heterocycles. The third-order valence-corrected chi connectivity index (χ3v) is 5.91. The summed E-state index contributed by atoms with van der Waals surface area (Å²) < 4.78 is 32.9. The minimum atomic E-state index is -0.894. The Labute approximate surface area is 196 Å². The van der Waals surface area contributed by atoms with E-state index in [1.54, 1.807) is 5.38 Å². The molecule has 4 aromatic rings. The third kappa shape index (κ3) is 4.08.